The number of nitrogen functional groups attached to an aromatic ring is 1. The van der Waals surface area contributed by atoms with E-state index in [4.69, 9.17) is 11.0 Å². The number of anilines is 1. The molecule has 0 radical (unpaired) electrons. The number of hydrogen-bond acceptors (Lipinski definition) is 5. The summed E-state index contributed by atoms with van der Waals surface area (Å²) < 4.78 is 0. The maximum Gasteiger partial charge on any atom is 0.247 e. The quantitative estimate of drug-likeness (QED) is 0.749. The highest BCUT2D eigenvalue weighted by molar-refractivity contribution is 5.79. The van der Waals surface area contributed by atoms with Gasteiger partial charge in [0, 0.05) is 23.4 Å². The summed E-state index contributed by atoms with van der Waals surface area (Å²) in [7, 11) is 0. The SMILES string of the molecule is N#Cc1nc(-c2ccc(=O)[nH]c2)c(-c2ccccc2)nc1N. The van der Waals surface area contributed by atoms with Gasteiger partial charge in [-0.15, -0.1) is 0 Å². The van der Waals surface area contributed by atoms with E-state index in [1.165, 1.54) is 12.3 Å². The lowest BCUT2D eigenvalue weighted by Gasteiger charge is -2.10. The first kappa shape index (κ1) is 13.5. The summed E-state index contributed by atoms with van der Waals surface area (Å²) in [6.45, 7) is 0. The number of hydrogen-bond donors (Lipinski definition) is 2. The van der Waals surface area contributed by atoms with Crippen LogP contribution >= 0.6 is 0 Å². The molecule has 3 N–H and O–H groups in total. The number of H-pyrrole nitrogens is 1. The van der Waals surface area contributed by atoms with E-state index in [1.807, 2.05) is 36.4 Å². The highest BCUT2D eigenvalue weighted by atomic mass is 16.1. The number of rotatable bonds is 2. The van der Waals surface area contributed by atoms with Gasteiger partial charge in [0.15, 0.2) is 11.5 Å². The largest absolute Gasteiger partial charge is 0.381 e. The van der Waals surface area contributed by atoms with Gasteiger partial charge in [0.1, 0.15) is 6.07 Å². The highest BCUT2D eigenvalue weighted by Gasteiger charge is 2.15. The van der Waals surface area contributed by atoms with Crippen LogP contribution in [-0.4, -0.2) is 15.0 Å². The van der Waals surface area contributed by atoms with Crippen LogP contribution in [0.25, 0.3) is 22.5 Å². The van der Waals surface area contributed by atoms with Gasteiger partial charge < -0.3 is 10.7 Å². The monoisotopic (exact) mass is 289 g/mol. The maximum absolute atomic E-state index is 11.2. The average molecular weight is 289 g/mol. The van der Waals surface area contributed by atoms with Crippen molar-refractivity contribution in [3.63, 3.8) is 0 Å². The molecule has 22 heavy (non-hydrogen) atoms. The topological polar surface area (TPSA) is 108 Å². The Morgan fingerprint density at radius 3 is 2.36 bits per heavy atom. The minimum absolute atomic E-state index is 0.0564. The molecule has 0 unspecified atom stereocenters. The molecule has 2 heterocycles. The minimum Gasteiger partial charge on any atom is -0.381 e. The molecule has 6 nitrogen and oxygen atoms in total. The minimum atomic E-state index is -0.214. The Labute approximate surface area is 125 Å². The van der Waals surface area contributed by atoms with Crippen LogP contribution in [0.2, 0.25) is 0 Å². The summed E-state index contributed by atoms with van der Waals surface area (Å²) in [6.07, 6.45) is 1.54. The summed E-state index contributed by atoms with van der Waals surface area (Å²) in [5.74, 6) is 0.0783. The van der Waals surface area contributed by atoms with Gasteiger partial charge in [-0.2, -0.15) is 5.26 Å². The molecule has 0 amide bonds. The summed E-state index contributed by atoms with van der Waals surface area (Å²) in [5.41, 5.74) is 8.16. The van der Waals surface area contributed by atoms with Crippen LogP contribution in [0.3, 0.4) is 0 Å². The normalized spacial score (nSPS) is 10.1. The number of aromatic nitrogens is 3. The van der Waals surface area contributed by atoms with Crippen LogP contribution in [0.4, 0.5) is 5.82 Å². The van der Waals surface area contributed by atoms with Crippen LogP contribution in [0.15, 0.2) is 53.5 Å². The van der Waals surface area contributed by atoms with E-state index in [0.29, 0.717) is 17.0 Å². The van der Waals surface area contributed by atoms with Crippen molar-refractivity contribution >= 4 is 5.82 Å². The maximum atomic E-state index is 11.2. The van der Waals surface area contributed by atoms with Crippen molar-refractivity contribution in [3.8, 4) is 28.6 Å². The predicted molar refractivity (Wildman–Crippen MR) is 82.7 cm³/mol. The third kappa shape index (κ3) is 2.43. The molecule has 0 saturated carbocycles. The Balaban J connectivity index is 2.29. The zero-order chi connectivity index (χ0) is 15.5. The number of nitriles is 1. The molecule has 0 saturated heterocycles. The van der Waals surface area contributed by atoms with E-state index in [9.17, 15) is 4.79 Å². The van der Waals surface area contributed by atoms with Gasteiger partial charge >= 0.3 is 0 Å². The van der Waals surface area contributed by atoms with Gasteiger partial charge in [-0.3, -0.25) is 4.79 Å². The van der Waals surface area contributed by atoms with Crippen LogP contribution in [-0.2, 0) is 0 Å². The van der Waals surface area contributed by atoms with Gasteiger partial charge in [-0.25, -0.2) is 9.97 Å². The number of benzene rings is 1. The Bertz CT molecular complexity index is 905. The number of nitrogens with two attached hydrogens (primary N) is 1. The molecule has 0 bridgehead atoms. The first-order valence-corrected chi connectivity index (χ1v) is 6.51. The van der Waals surface area contributed by atoms with Crippen LogP contribution in [0.1, 0.15) is 5.69 Å². The first-order valence-electron chi connectivity index (χ1n) is 6.51. The standard InChI is InChI=1S/C16H11N5O/c17-8-12-16(18)21-14(10-4-2-1-3-5-10)15(20-12)11-6-7-13(22)19-9-11/h1-7,9H,(H2,18,21)(H,19,22). The fraction of sp³-hybridized carbons (Fsp3) is 0. The van der Waals surface area contributed by atoms with E-state index in [2.05, 4.69) is 15.0 Å². The van der Waals surface area contributed by atoms with Gasteiger partial charge in [0.2, 0.25) is 5.56 Å². The summed E-state index contributed by atoms with van der Waals surface area (Å²) in [6, 6.07) is 14.4. The molecule has 1 aromatic carbocycles. The Morgan fingerprint density at radius 2 is 1.73 bits per heavy atom. The van der Waals surface area contributed by atoms with Crippen molar-refractivity contribution in [2.75, 3.05) is 5.73 Å². The van der Waals surface area contributed by atoms with E-state index in [0.717, 1.165) is 5.56 Å². The third-order valence-electron chi connectivity index (χ3n) is 3.13. The molecular formula is C16H11N5O. The molecule has 0 aliphatic carbocycles. The van der Waals surface area contributed by atoms with E-state index >= 15 is 0 Å². The summed E-state index contributed by atoms with van der Waals surface area (Å²) >= 11 is 0. The number of nitrogens with zero attached hydrogens (tertiary/aromatic N) is 3. The van der Waals surface area contributed by atoms with Crippen molar-refractivity contribution in [2.24, 2.45) is 0 Å². The lowest BCUT2D eigenvalue weighted by Crippen LogP contribution is -2.05. The molecular weight excluding hydrogens is 278 g/mol. The molecule has 6 heteroatoms. The average Bonchev–Trinajstić information content (AvgIpc) is 2.56. The van der Waals surface area contributed by atoms with Crippen molar-refractivity contribution < 1.29 is 0 Å². The summed E-state index contributed by atoms with van der Waals surface area (Å²) in [4.78, 5) is 22.4. The predicted octanol–water partition coefficient (Wildman–Crippen LogP) is 1.95. The molecule has 0 aliphatic heterocycles. The number of aromatic amines is 1. The lowest BCUT2D eigenvalue weighted by atomic mass is 10.1. The molecule has 0 atom stereocenters. The Hall–Kier alpha value is -3.46. The van der Waals surface area contributed by atoms with Crippen LogP contribution in [0, 0.1) is 11.3 Å². The van der Waals surface area contributed by atoms with Crippen molar-refractivity contribution in [2.45, 2.75) is 0 Å². The van der Waals surface area contributed by atoms with Crippen molar-refractivity contribution in [1.29, 1.82) is 5.26 Å². The highest BCUT2D eigenvalue weighted by Crippen LogP contribution is 2.29. The fourth-order valence-corrected chi connectivity index (χ4v) is 2.09. The van der Waals surface area contributed by atoms with E-state index in [1.54, 1.807) is 6.07 Å². The smallest absolute Gasteiger partial charge is 0.247 e. The number of nitrogens with one attached hydrogen (secondary N) is 1. The van der Waals surface area contributed by atoms with Crippen molar-refractivity contribution in [1.82, 2.24) is 15.0 Å². The third-order valence-corrected chi connectivity index (χ3v) is 3.13. The molecule has 3 rings (SSSR count). The molecule has 3 aromatic rings. The fourth-order valence-electron chi connectivity index (χ4n) is 2.09. The van der Waals surface area contributed by atoms with E-state index < -0.39 is 0 Å². The zero-order valence-corrected chi connectivity index (χ0v) is 11.4. The van der Waals surface area contributed by atoms with Crippen molar-refractivity contribution in [3.05, 3.63) is 64.7 Å². The second-order valence-electron chi connectivity index (χ2n) is 4.57. The van der Waals surface area contributed by atoms with Crippen LogP contribution < -0.4 is 11.3 Å². The second kappa shape index (κ2) is 5.50. The van der Waals surface area contributed by atoms with E-state index in [-0.39, 0.29) is 17.1 Å². The molecule has 0 aliphatic rings. The first-order chi connectivity index (χ1) is 10.7. The van der Waals surface area contributed by atoms with Gasteiger partial charge in [-0.05, 0) is 6.07 Å². The molecule has 0 fully saturated rings. The number of pyridine rings is 1. The van der Waals surface area contributed by atoms with Crippen LogP contribution in [0.5, 0.6) is 0 Å². The lowest BCUT2D eigenvalue weighted by molar-refractivity contribution is 1.17. The Morgan fingerprint density at radius 1 is 1.00 bits per heavy atom. The second-order valence-corrected chi connectivity index (χ2v) is 4.57. The summed E-state index contributed by atoms with van der Waals surface area (Å²) in [5, 5.41) is 9.11. The molecule has 0 spiro atoms. The zero-order valence-electron chi connectivity index (χ0n) is 11.4. The Kier molecular flexibility index (Phi) is 3.38. The van der Waals surface area contributed by atoms with Gasteiger partial charge in [-0.1, -0.05) is 30.3 Å². The molecule has 2 aromatic heterocycles. The van der Waals surface area contributed by atoms with Gasteiger partial charge in [0.25, 0.3) is 0 Å². The molecule has 106 valence electrons. The van der Waals surface area contributed by atoms with Gasteiger partial charge in [0.05, 0.1) is 11.4 Å².